The highest BCUT2D eigenvalue weighted by Gasteiger charge is 2.14. The van der Waals surface area contributed by atoms with Gasteiger partial charge in [0.25, 0.3) is 0 Å². The molecule has 1 aromatic rings. The second-order valence-electron chi connectivity index (χ2n) is 3.87. The van der Waals surface area contributed by atoms with Gasteiger partial charge in [0, 0.05) is 23.7 Å². The van der Waals surface area contributed by atoms with Gasteiger partial charge in [0.2, 0.25) is 0 Å². The zero-order valence-electron chi connectivity index (χ0n) is 8.93. The van der Waals surface area contributed by atoms with Gasteiger partial charge in [0.05, 0.1) is 5.69 Å². The van der Waals surface area contributed by atoms with E-state index in [1.807, 2.05) is 0 Å². The second kappa shape index (κ2) is 4.86. The molecule has 0 aliphatic carbocycles. The van der Waals surface area contributed by atoms with Crippen LogP contribution in [0.2, 0.25) is 0 Å². The molecule has 84 valence electrons. The third-order valence-corrected chi connectivity index (χ3v) is 2.79. The van der Waals surface area contributed by atoms with Gasteiger partial charge < -0.3 is 4.90 Å². The number of azide groups is 1. The molecule has 4 nitrogen and oxygen atoms in total. The number of rotatable bonds is 2. The van der Waals surface area contributed by atoms with Gasteiger partial charge in [0.15, 0.2) is 0 Å². The van der Waals surface area contributed by atoms with Gasteiger partial charge in [-0.15, -0.1) is 0 Å². The Morgan fingerprint density at radius 1 is 1.25 bits per heavy atom. The van der Waals surface area contributed by atoms with Crippen LogP contribution in [0.3, 0.4) is 0 Å². The molecule has 0 atom stereocenters. The van der Waals surface area contributed by atoms with Crippen LogP contribution in [0.25, 0.3) is 10.4 Å². The van der Waals surface area contributed by atoms with E-state index >= 15 is 0 Å². The predicted molar refractivity (Wildman–Crippen MR) is 61.3 cm³/mol. The Morgan fingerprint density at radius 2 is 2.00 bits per heavy atom. The lowest BCUT2D eigenvalue weighted by Crippen LogP contribution is -2.29. The Labute approximate surface area is 93.3 Å². The molecule has 1 aliphatic rings. The van der Waals surface area contributed by atoms with Crippen molar-refractivity contribution in [2.75, 3.05) is 18.0 Å². The SMILES string of the molecule is [N-]=[N+]=Nc1cc(F)ccc1N1CCCCC1. The molecule has 0 bridgehead atoms. The van der Waals surface area contributed by atoms with Crippen LogP contribution < -0.4 is 4.90 Å². The first kappa shape index (κ1) is 10.8. The molecule has 1 fully saturated rings. The maximum absolute atomic E-state index is 13.0. The van der Waals surface area contributed by atoms with Crippen LogP contribution >= 0.6 is 0 Å². The van der Waals surface area contributed by atoms with Crippen molar-refractivity contribution >= 4 is 11.4 Å². The summed E-state index contributed by atoms with van der Waals surface area (Å²) in [5.41, 5.74) is 9.66. The average molecular weight is 220 g/mol. The van der Waals surface area contributed by atoms with Gasteiger partial charge in [-0.3, -0.25) is 0 Å². The third-order valence-electron chi connectivity index (χ3n) is 2.79. The van der Waals surface area contributed by atoms with E-state index in [4.69, 9.17) is 5.53 Å². The molecule has 1 heterocycles. The zero-order valence-corrected chi connectivity index (χ0v) is 8.93. The Morgan fingerprint density at radius 3 is 2.69 bits per heavy atom. The third kappa shape index (κ3) is 2.25. The molecule has 5 heteroatoms. The molecule has 1 aliphatic heterocycles. The van der Waals surface area contributed by atoms with Crippen molar-refractivity contribution in [1.82, 2.24) is 0 Å². The minimum absolute atomic E-state index is 0.372. The normalized spacial score (nSPS) is 15.7. The molecule has 0 aromatic heterocycles. The molecule has 16 heavy (non-hydrogen) atoms. The minimum atomic E-state index is -0.372. The van der Waals surface area contributed by atoms with Crippen LogP contribution in [0.4, 0.5) is 15.8 Å². The number of piperidine rings is 1. The first-order chi connectivity index (χ1) is 7.81. The van der Waals surface area contributed by atoms with E-state index < -0.39 is 0 Å². The summed E-state index contributed by atoms with van der Waals surface area (Å²) in [7, 11) is 0. The van der Waals surface area contributed by atoms with Crippen molar-refractivity contribution in [3.8, 4) is 0 Å². The van der Waals surface area contributed by atoms with Gasteiger partial charge in [-0.1, -0.05) is 5.11 Å². The first-order valence-corrected chi connectivity index (χ1v) is 5.41. The summed E-state index contributed by atoms with van der Waals surface area (Å²) >= 11 is 0. The molecule has 0 N–H and O–H groups in total. The average Bonchev–Trinajstić information content (AvgIpc) is 2.31. The lowest BCUT2D eigenvalue weighted by molar-refractivity contribution is 0.577. The van der Waals surface area contributed by atoms with Crippen LogP contribution in [0, 0.1) is 5.82 Å². The minimum Gasteiger partial charge on any atom is -0.371 e. The van der Waals surface area contributed by atoms with Crippen molar-refractivity contribution in [3.05, 3.63) is 34.5 Å². The van der Waals surface area contributed by atoms with Crippen LogP contribution in [0.1, 0.15) is 19.3 Å². The van der Waals surface area contributed by atoms with Crippen molar-refractivity contribution < 1.29 is 4.39 Å². The molecule has 0 unspecified atom stereocenters. The van der Waals surface area contributed by atoms with Crippen molar-refractivity contribution in [3.63, 3.8) is 0 Å². The Kier molecular flexibility index (Phi) is 3.27. The van der Waals surface area contributed by atoms with E-state index in [1.54, 1.807) is 6.07 Å². The summed E-state index contributed by atoms with van der Waals surface area (Å²) in [5, 5.41) is 3.54. The van der Waals surface area contributed by atoms with E-state index in [0.29, 0.717) is 5.69 Å². The number of halogens is 1. The summed E-state index contributed by atoms with van der Waals surface area (Å²) < 4.78 is 13.0. The maximum atomic E-state index is 13.0. The Balaban J connectivity index is 2.34. The molecule has 0 radical (unpaired) electrons. The lowest BCUT2D eigenvalue weighted by atomic mass is 10.1. The smallest absolute Gasteiger partial charge is 0.123 e. The van der Waals surface area contributed by atoms with Crippen LogP contribution in [0.5, 0.6) is 0 Å². The molecule has 0 amide bonds. The van der Waals surface area contributed by atoms with E-state index in [1.165, 1.54) is 18.6 Å². The van der Waals surface area contributed by atoms with Gasteiger partial charge in [-0.05, 0) is 43.0 Å². The van der Waals surface area contributed by atoms with Crippen LogP contribution in [-0.2, 0) is 0 Å². The van der Waals surface area contributed by atoms with E-state index in [9.17, 15) is 4.39 Å². The predicted octanol–water partition coefficient (Wildman–Crippen LogP) is 3.76. The molecule has 2 rings (SSSR count). The Hall–Kier alpha value is -1.74. The van der Waals surface area contributed by atoms with Gasteiger partial charge in [0.1, 0.15) is 5.82 Å². The summed E-state index contributed by atoms with van der Waals surface area (Å²) in [4.78, 5) is 4.88. The monoisotopic (exact) mass is 220 g/mol. The van der Waals surface area contributed by atoms with Crippen LogP contribution in [-0.4, -0.2) is 13.1 Å². The van der Waals surface area contributed by atoms with Gasteiger partial charge in [-0.25, -0.2) is 4.39 Å². The molecule has 1 aromatic carbocycles. The molecular weight excluding hydrogens is 207 g/mol. The molecule has 0 spiro atoms. The summed E-state index contributed by atoms with van der Waals surface area (Å²) in [5.74, 6) is -0.372. The highest BCUT2D eigenvalue weighted by atomic mass is 19.1. The zero-order chi connectivity index (χ0) is 11.4. The fourth-order valence-electron chi connectivity index (χ4n) is 2.03. The van der Waals surface area contributed by atoms with E-state index in [0.717, 1.165) is 31.6 Å². The second-order valence-corrected chi connectivity index (χ2v) is 3.87. The molecule has 1 saturated heterocycles. The number of nitrogens with zero attached hydrogens (tertiary/aromatic N) is 4. The highest BCUT2D eigenvalue weighted by Crippen LogP contribution is 2.31. The highest BCUT2D eigenvalue weighted by molar-refractivity contribution is 5.67. The topological polar surface area (TPSA) is 52.0 Å². The molecular formula is C11H13FN4. The standard InChI is InChI=1S/C11H13FN4/c12-9-4-5-11(10(8-9)14-15-13)16-6-2-1-3-7-16/h4-5,8H,1-3,6-7H2. The number of anilines is 1. The quantitative estimate of drug-likeness (QED) is 0.425. The van der Waals surface area contributed by atoms with Crippen molar-refractivity contribution in [2.45, 2.75) is 19.3 Å². The fraction of sp³-hybridized carbons (Fsp3) is 0.455. The van der Waals surface area contributed by atoms with Crippen LogP contribution in [0.15, 0.2) is 23.3 Å². The fourth-order valence-corrected chi connectivity index (χ4v) is 2.03. The lowest BCUT2D eigenvalue weighted by Gasteiger charge is -2.29. The van der Waals surface area contributed by atoms with Crippen molar-refractivity contribution in [2.24, 2.45) is 5.11 Å². The van der Waals surface area contributed by atoms with Gasteiger partial charge in [-0.2, -0.15) is 0 Å². The number of hydrogen-bond acceptors (Lipinski definition) is 2. The maximum Gasteiger partial charge on any atom is 0.123 e. The van der Waals surface area contributed by atoms with Gasteiger partial charge >= 0.3 is 0 Å². The largest absolute Gasteiger partial charge is 0.371 e. The summed E-state index contributed by atoms with van der Waals surface area (Å²) in [6, 6.07) is 4.37. The number of benzene rings is 1. The Bertz CT molecular complexity index is 420. The summed E-state index contributed by atoms with van der Waals surface area (Å²) in [6.07, 6.45) is 3.49. The molecule has 0 saturated carbocycles. The first-order valence-electron chi connectivity index (χ1n) is 5.41. The summed E-state index contributed by atoms with van der Waals surface area (Å²) in [6.45, 7) is 1.89. The van der Waals surface area contributed by atoms with E-state index in [2.05, 4.69) is 14.9 Å². The van der Waals surface area contributed by atoms with E-state index in [-0.39, 0.29) is 5.82 Å². The van der Waals surface area contributed by atoms with Crippen molar-refractivity contribution in [1.29, 1.82) is 0 Å². The number of hydrogen-bond donors (Lipinski definition) is 0.